The molecular formula is C7H12O4. The number of aliphatic hydroxyl groups is 1. The molecule has 0 amide bonds. The maximum Gasteiger partial charge on any atom is 0.335 e. The van der Waals surface area contributed by atoms with Crippen molar-refractivity contribution in [3.05, 3.63) is 12.2 Å². The van der Waals surface area contributed by atoms with Crippen LogP contribution in [0.25, 0.3) is 0 Å². The average Bonchev–Trinajstić information content (AvgIpc) is 1.97. The third-order valence-corrected chi connectivity index (χ3v) is 0.857. The molecule has 0 saturated carbocycles. The van der Waals surface area contributed by atoms with Gasteiger partial charge in [0, 0.05) is 5.57 Å². The lowest BCUT2D eigenvalue weighted by Gasteiger charge is -2.03. The SMILES string of the molecule is C=C(C)C(=O)OCOCCO. The van der Waals surface area contributed by atoms with Gasteiger partial charge in [-0.25, -0.2) is 4.79 Å². The first-order chi connectivity index (χ1) is 5.18. The first-order valence-electron chi connectivity index (χ1n) is 3.19. The van der Waals surface area contributed by atoms with Gasteiger partial charge < -0.3 is 14.6 Å². The number of carbonyl (C=O) groups is 1. The summed E-state index contributed by atoms with van der Waals surface area (Å²) in [5.41, 5.74) is 0.331. The monoisotopic (exact) mass is 160 g/mol. The van der Waals surface area contributed by atoms with Gasteiger partial charge in [0.25, 0.3) is 0 Å². The summed E-state index contributed by atoms with van der Waals surface area (Å²) in [5, 5.41) is 8.26. The number of ether oxygens (including phenoxy) is 2. The van der Waals surface area contributed by atoms with E-state index in [0.29, 0.717) is 5.57 Å². The van der Waals surface area contributed by atoms with Crippen molar-refractivity contribution in [3.8, 4) is 0 Å². The van der Waals surface area contributed by atoms with E-state index in [1.807, 2.05) is 0 Å². The van der Waals surface area contributed by atoms with E-state index in [2.05, 4.69) is 16.1 Å². The third-order valence-electron chi connectivity index (χ3n) is 0.857. The van der Waals surface area contributed by atoms with Crippen molar-refractivity contribution in [3.63, 3.8) is 0 Å². The average molecular weight is 160 g/mol. The third kappa shape index (κ3) is 5.57. The molecule has 0 spiro atoms. The van der Waals surface area contributed by atoms with Crippen molar-refractivity contribution in [2.75, 3.05) is 20.0 Å². The molecule has 0 aliphatic heterocycles. The highest BCUT2D eigenvalue weighted by Crippen LogP contribution is 1.91. The molecule has 0 unspecified atom stereocenters. The molecule has 0 aliphatic rings. The summed E-state index contributed by atoms with van der Waals surface area (Å²) < 4.78 is 9.20. The second-order valence-electron chi connectivity index (χ2n) is 1.96. The van der Waals surface area contributed by atoms with Gasteiger partial charge in [0.1, 0.15) is 0 Å². The Morgan fingerprint density at radius 1 is 1.64 bits per heavy atom. The van der Waals surface area contributed by atoms with E-state index in [0.717, 1.165) is 0 Å². The van der Waals surface area contributed by atoms with Crippen molar-refractivity contribution in [2.24, 2.45) is 0 Å². The Bertz CT molecular complexity index is 141. The van der Waals surface area contributed by atoms with Crippen molar-refractivity contribution >= 4 is 5.97 Å². The van der Waals surface area contributed by atoms with E-state index >= 15 is 0 Å². The fourth-order valence-electron chi connectivity index (χ4n) is 0.342. The Balaban J connectivity index is 3.25. The number of aliphatic hydroxyl groups excluding tert-OH is 1. The van der Waals surface area contributed by atoms with Crippen molar-refractivity contribution < 1.29 is 19.4 Å². The molecule has 0 heterocycles. The van der Waals surface area contributed by atoms with Crippen LogP contribution in [0, 0.1) is 0 Å². The van der Waals surface area contributed by atoms with E-state index in [-0.39, 0.29) is 20.0 Å². The zero-order valence-corrected chi connectivity index (χ0v) is 6.50. The summed E-state index contributed by atoms with van der Waals surface area (Å²) in [7, 11) is 0. The first-order valence-corrected chi connectivity index (χ1v) is 3.19. The number of hydrogen-bond donors (Lipinski definition) is 1. The molecule has 64 valence electrons. The van der Waals surface area contributed by atoms with Gasteiger partial charge in [-0.15, -0.1) is 0 Å². The van der Waals surface area contributed by atoms with Crippen LogP contribution in [0.15, 0.2) is 12.2 Å². The van der Waals surface area contributed by atoms with Gasteiger partial charge in [-0.3, -0.25) is 0 Å². The molecule has 0 radical (unpaired) electrons. The predicted octanol–water partition coefficient (Wildman–Crippen LogP) is 0.0721. The van der Waals surface area contributed by atoms with Crippen LogP contribution >= 0.6 is 0 Å². The number of rotatable bonds is 5. The minimum atomic E-state index is -0.483. The van der Waals surface area contributed by atoms with Crippen LogP contribution in [-0.2, 0) is 14.3 Å². The molecule has 11 heavy (non-hydrogen) atoms. The van der Waals surface area contributed by atoms with Crippen LogP contribution in [-0.4, -0.2) is 31.1 Å². The van der Waals surface area contributed by atoms with Gasteiger partial charge in [0.05, 0.1) is 13.2 Å². The van der Waals surface area contributed by atoms with E-state index in [1.54, 1.807) is 6.92 Å². The summed E-state index contributed by atoms with van der Waals surface area (Å²) in [5.74, 6) is -0.483. The zero-order chi connectivity index (χ0) is 8.69. The topological polar surface area (TPSA) is 55.8 Å². The van der Waals surface area contributed by atoms with Gasteiger partial charge in [0.15, 0.2) is 6.79 Å². The molecule has 4 heteroatoms. The Labute approximate surface area is 65.4 Å². The van der Waals surface area contributed by atoms with E-state index < -0.39 is 5.97 Å². The van der Waals surface area contributed by atoms with Crippen LogP contribution in [0.5, 0.6) is 0 Å². The van der Waals surface area contributed by atoms with Crippen LogP contribution in [0.2, 0.25) is 0 Å². The smallest absolute Gasteiger partial charge is 0.335 e. The van der Waals surface area contributed by atoms with Crippen LogP contribution < -0.4 is 0 Å². The maximum absolute atomic E-state index is 10.6. The summed E-state index contributed by atoms with van der Waals surface area (Å²) >= 11 is 0. The molecule has 0 aliphatic carbocycles. The molecule has 0 bridgehead atoms. The Morgan fingerprint density at radius 2 is 2.27 bits per heavy atom. The summed E-state index contributed by atoms with van der Waals surface area (Å²) in [6, 6.07) is 0. The highest BCUT2D eigenvalue weighted by atomic mass is 16.7. The number of esters is 1. The molecule has 0 rings (SSSR count). The molecule has 0 aromatic carbocycles. The largest absolute Gasteiger partial charge is 0.435 e. The number of carbonyl (C=O) groups excluding carboxylic acids is 1. The van der Waals surface area contributed by atoms with E-state index in [1.165, 1.54) is 0 Å². The summed E-state index contributed by atoms with van der Waals surface area (Å²) in [4.78, 5) is 10.6. The molecule has 0 saturated heterocycles. The summed E-state index contributed by atoms with van der Waals surface area (Å²) in [6.45, 7) is 4.88. The minimum absolute atomic E-state index is 0.0787. The maximum atomic E-state index is 10.6. The fourth-order valence-corrected chi connectivity index (χ4v) is 0.342. The molecule has 0 atom stereocenters. The Hall–Kier alpha value is -0.870. The van der Waals surface area contributed by atoms with Crippen LogP contribution in [0.4, 0.5) is 0 Å². The van der Waals surface area contributed by atoms with Gasteiger partial charge in [0.2, 0.25) is 0 Å². The van der Waals surface area contributed by atoms with Crippen LogP contribution in [0.1, 0.15) is 6.92 Å². The van der Waals surface area contributed by atoms with Gasteiger partial charge in [-0.2, -0.15) is 0 Å². The number of hydrogen-bond acceptors (Lipinski definition) is 4. The predicted molar refractivity (Wildman–Crippen MR) is 38.8 cm³/mol. The van der Waals surface area contributed by atoms with Gasteiger partial charge in [-0.05, 0) is 6.92 Å². The van der Waals surface area contributed by atoms with Gasteiger partial charge in [-0.1, -0.05) is 6.58 Å². The standard InChI is InChI=1S/C7H12O4/c1-6(2)7(9)11-5-10-4-3-8/h8H,1,3-5H2,2H3. The Kier molecular flexibility index (Phi) is 5.42. The molecule has 0 fully saturated rings. The molecule has 0 aromatic heterocycles. The van der Waals surface area contributed by atoms with E-state index in [9.17, 15) is 4.79 Å². The fraction of sp³-hybridized carbons (Fsp3) is 0.571. The second kappa shape index (κ2) is 5.88. The minimum Gasteiger partial charge on any atom is -0.435 e. The van der Waals surface area contributed by atoms with Crippen molar-refractivity contribution in [1.82, 2.24) is 0 Å². The lowest BCUT2D eigenvalue weighted by Crippen LogP contribution is -2.10. The van der Waals surface area contributed by atoms with Gasteiger partial charge >= 0.3 is 5.97 Å². The lowest BCUT2D eigenvalue weighted by molar-refractivity contribution is -0.152. The molecular weight excluding hydrogens is 148 g/mol. The van der Waals surface area contributed by atoms with Crippen molar-refractivity contribution in [2.45, 2.75) is 6.92 Å². The molecule has 1 N–H and O–H groups in total. The highest BCUT2D eigenvalue weighted by Gasteiger charge is 2.00. The zero-order valence-electron chi connectivity index (χ0n) is 6.50. The van der Waals surface area contributed by atoms with Crippen LogP contribution in [0.3, 0.4) is 0 Å². The summed E-state index contributed by atoms with van der Waals surface area (Å²) in [6.07, 6.45) is 0. The quantitative estimate of drug-likeness (QED) is 0.267. The van der Waals surface area contributed by atoms with Crippen molar-refractivity contribution in [1.29, 1.82) is 0 Å². The highest BCUT2D eigenvalue weighted by molar-refractivity contribution is 5.86. The second-order valence-corrected chi connectivity index (χ2v) is 1.96. The normalized spacial score (nSPS) is 9.27. The lowest BCUT2D eigenvalue weighted by atomic mass is 10.4. The first kappa shape index (κ1) is 10.1. The molecule has 0 aromatic rings. The van der Waals surface area contributed by atoms with E-state index in [4.69, 9.17) is 5.11 Å². The Morgan fingerprint density at radius 3 is 2.73 bits per heavy atom. The molecule has 4 nitrogen and oxygen atoms in total.